The fourth-order valence-electron chi connectivity index (χ4n) is 4.38. The van der Waals surface area contributed by atoms with E-state index in [4.69, 9.17) is 12.2 Å². The summed E-state index contributed by atoms with van der Waals surface area (Å²) in [5.74, 6) is 1.43. The second-order valence-corrected chi connectivity index (χ2v) is 8.29. The van der Waals surface area contributed by atoms with Crippen LogP contribution in [0.3, 0.4) is 0 Å². The summed E-state index contributed by atoms with van der Waals surface area (Å²) in [4.78, 5) is 9.13. The first kappa shape index (κ1) is 16.8. The molecule has 0 saturated carbocycles. The van der Waals surface area contributed by atoms with Gasteiger partial charge in [0.2, 0.25) is 11.8 Å². The van der Waals surface area contributed by atoms with Gasteiger partial charge in [-0.1, -0.05) is 24.3 Å². The van der Waals surface area contributed by atoms with Crippen LogP contribution in [0.2, 0.25) is 0 Å². The van der Waals surface area contributed by atoms with Crippen molar-refractivity contribution >= 4 is 16.8 Å². The molecule has 158 valence electrons. The quantitative estimate of drug-likeness (QED) is 0.452. The smallest absolute Gasteiger partial charge is 0.219 e. The number of aryl methyl sites for hydroxylation is 2. The number of aliphatic imine (C=N–C) groups is 1. The molecule has 32 heavy (non-hydrogen) atoms. The Hall–Kier alpha value is -3.86. The lowest BCUT2D eigenvalue weighted by Gasteiger charge is -2.13. The van der Waals surface area contributed by atoms with Crippen molar-refractivity contribution < 1.29 is 17.3 Å². The number of benzene rings is 3. The van der Waals surface area contributed by atoms with E-state index in [2.05, 4.69) is 9.98 Å². The van der Waals surface area contributed by atoms with Crippen LogP contribution in [0.5, 0.6) is 17.4 Å². The average Bonchev–Trinajstić information content (AvgIpc) is 3.33. The number of phenolic OH excluding ortho intramolecular Hbond substituents is 1. The van der Waals surface area contributed by atoms with Crippen LogP contribution in [-0.4, -0.2) is 22.0 Å². The molecule has 2 atom stereocenters. The molecule has 0 fully saturated rings. The van der Waals surface area contributed by atoms with E-state index in [1.165, 1.54) is 0 Å². The highest BCUT2D eigenvalue weighted by Gasteiger charge is 2.39. The van der Waals surface area contributed by atoms with Crippen molar-refractivity contribution in [2.45, 2.75) is 32.4 Å². The van der Waals surface area contributed by atoms with Crippen LogP contribution in [-0.2, 0) is 11.1 Å². The molecule has 1 aliphatic heterocycles. The van der Waals surface area contributed by atoms with Gasteiger partial charge in [-0.3, -0.25) is 0 Å². The molecule has 0 radical (unpaired) electrons. The first-order chi connectivity index (χ1) is 16.3. The Morgan fingerprint density at radius 3 is 2.78 bits per heavy atom. The van der Waals surface area contributed by atoms with E-state index in [9.17, 15) is 5.11 Å². The van der Waals surface area contributed by atoms with Gasteiger partial charge in [-0.15, -0.1) is 0 Å². The molecule has 0 unspecified atom stereocenters. The first-order valence-corrected chi connectivity index (χ1v) is 10.5. The molecule has 2 heterocycles. The van der Waals surface area contributed by atoms with E-state index in [0.717, 1.165) is 27.6 Å². The standard InChI is InChI=1S/C27H22N2O3/c1-15-10-19(27-28-22-14-17-5-3-4-6-21(17)26(22)32-27)13-20(11-15)31-24-8-7-18-9-16(2)12-23(30)25(18)29-24/h3-13,22,26,30H,14H2,1-2H3/t22-,26-/m0/s1/i14D2. The van der Waals surface area contributed by atoms with Crippen LogP contribution < -0.4 is 4.74 Å². The number of ether oxygens (including phenoxy) is 2. The lowest BCUT2D eigenvalue weighted by molar-refractivity contribution is 0.209. The topological polar surface area (TPSA) is 63.9 Å². The Bertz CT molecular complexity index is 1500. The molecular formula is C27H22N2O3. The molecule has 0 amide bonds. The number of pyridine rings is 1. The van der Waals surface area contributed by atoms with Crippen molar-refractivity contribution in [3.05, 3.63) is 94.5 Å². The van der Waals surface area contributed by atoms with Crippen molar-refractivity contribution in [1.29, 1.82) is 0 Å². The van der Waals surface area contributed by atoms with Crippen LogP contribution >= 0.6 is 0 Å². The highest BCUT2D eigenvalue weighted by Crippen LogP contribution is 2.41. The molecule has 1 aliphatic carbocycles. The number of aromatic hydroxyl groups is 1. The predicted octanol–water partition coefficient (Wildman–Crippen LogP) is 5.79. The summed E-state index contributed by atoms with van der Waals surface area (Å²) in [7, 11) is 0. The summed E-state index contributed by atoms with van der Waals surface area (Å²) in [5.41, 5.74) is 4.58. The van der Waals surface area contributed by atoms with Crippen molar-refractivity contribution in [3.8, 4) is 17.4 Å². The third kappa shape index (κ3) is 3.17. The number of phenols is 1. The van der Waals surface area contributed by atoms with E-state index in [1.54, 1.807) is 18.2 Å². The molecule has 3 aromatic carbocycles. The van der Waals surface area contributed by atoms with Gasteiger partial charge in [0.15, 0.2) is 0 Å². The van der Waals surface area contributed by atoms with Crippen molar-refractivity contribution in [3.63, 3.8) is 0 Å². The SMILES string of the molecule is [2H]C1([2H])c2ccccc2[C@@H]2OC(c3cc(C)cc(Oc4ccc5cc(C)cc(O)c5n4)c3)=N[C@H]21. The molecule has 5 nitrogen and oxygen atoms in total. The highest BCUT2D eigenvalue weighted by molar-refractivity contribution is 5.96. The van der Waals surface area contributed by atoms with Gasteiger partial charge < -0.3 is 14.6 Å². The average molecular weight is 424 g/mol. The molecule has 6 rings (SSSR count). The number of aromatic nitrogens is 1. The highest BCUT2D eigenvalue weighted by atomic mass is 16.5. The molecule has 0 spiro atoms. The lowest BCUT2D eigenvalue weighted by Crippen LogP contribution is -2.08. The molecule has 0 bridgehead atoms. The first-order valence-electron chi connectivity index (χ1n) is 11.5. The number of rotatable bonds is 3. The third-order valence-corrected chi connectivity index (χ3v) is 5.76. The number of fused-ring (bicyclic) bond motifs is 4. The van der Waals surface area contributed by atoms with Gasteiger partial charge in [-0.05, 0) is 78.9 Å². The van der Waals surface area contributed by atoms with Crippen LogP contribution in [0, 0.1) is 13.8 Å². The van der Waals surface area contributed by atoms with Crippen molar-refractivity contribution in [2.24, 2.45) is 4.99 Å². The van der Waals surface area contributed by atoms with E-state index >= 15 is 0 Å². The maximum Gasteiger partial charge on any atom is 0.219 e. The fraction of sp³-hybridized carbons (Fsp3) is 0.185. The fourth-order valence-corrected chi connectivity index (χ4v) is 4.38. The number of nitrogens with zero attached hydrogens (tertiary/aromatic N) is 2. The van der Waals surface area contributed by atoms with E-state index < -0.39 is 18.5 Å². The molecular weight excluding hydrogens is 400 g/mol. The Morgan fingerprint density at radius 2 is 1.88 bits per heavy atom. The second-order valence-electron chi connectivity index (χ2n) is 8.29. The number of hydrogen-bond acceptors (Lipinski definition) is 5. The minimum absolute atomic E-state index is 0.111. The second kappa shape index (κ2) is 7.09. The van der Waals surface area contributed by atoms with Crippen LogP contribution in [0.25, 0.3) is 10.9 Å². The Kier molecular flexibility index (Phi) is 3.72. The van der Waals surface area contributed by atoms with Gasteiger partial charge in [-0.2, -0.15) is 0 Å². The van der Waals surface area contributed by atoms with Crippen molar-refractivity contribution in [1.82, 2.24) is 4.98 Å². The molecule has 4 aromatic rings. The molecule has 1 N–H and O–H groups in total. The zero-order chi connectivity index (χ0) is 23.6. The largest absolute Gasteiger partial charge is 0.506 e. The van der Waals surface area contributed by atoms with Crippen LogP contribution in [0.1, 0.15) is 36.7 Å². The summed E-state index contributed by atoms with van der Waals surface area (Å²) in [6.45, 7) is 3.87. The van der Waals surface area contributed by atoms with Gasteiger partial charge in [0.1, 0.15) is 23.1 Å². The zero-order valence-corrected chi connectivity index (χ0v) is 17.7. The summed E-state index contributed by atoms with van der Waals surface area (Å²) >= 11 is 0. The summed E-state index contributed by atoms with van der Waals surface area (Å²) < 4.78 is 29.4. The van der Waals surface area contributed by atoms with Crippen LogP contribution in [0.4, 0.5) is 0 Å². The van der Waals surface area contributed by atoms with Crippen molar-refractivity contribution in [2.75, 3.05) is 0 Å². The summed E-state index contributed by atoms with van der Waals surface area (Å²) in [6.07, 6.45) is -2.04. The van der Waals surface area contributed by atoms with Crippen LogP contribution in [0.15, 0.2) is 71.7 Å². The minimum atomic E-state index is -1.60. The molecule has 0 saturated heterocycles. The maximum atomic E-state index is 10.3. The van der Waals surface area contributed by atoms with Gasteiger partial charge in [0.25, 0.3) is 0 Å². The summed E-state index contributed by atoms with van der Waals surface area (Å²) in [6, 6.07) is 19.7. The lowest BCUT2D eigenvalue weighted by atomic mass is 10.1. The Balaban J connectivity index is 1.32. The molecule has 5 heteroatoms. The zero-order valence-electron chi connectivity index (χ0n) is 19.7. The Morgan fingerprint density at radius 1 is 1.03 bits per heavy atom. The third-order valence-electron chi connectivity index (χ3n) is 5.76. The summed E-state index contributed by atoms with van der Waals surface area (Å²) in [5, 5.41) is 11.1. The Labute approximate surface area is 188 Å². The minimum Gasteiger partial charge on any atom is -0.506 e. The van der Waals surface area contributed by atoms with Gasteiger partial charge in [0, 0.05) is 19.8 Å². The van der Waals surface area contributed by atoms with E-state index in [1.807, 2.05) is 62.4 Å². The molecule has 1 aromatic heterocycles. The predicted molar refractivity (Wildman–Crippen MR) is 124 cm³/mol. The van der Waals surface area contributed by atoms with Gasteiger partial charge >= 0.3 is 0 Å². The number of hydrogen-bond donors (Lipinski definition) is 1. The maximum absolute atomic E-state index is 10.3. The molecule has 2 aliphatic rings. The van der Waals surface area contributed by atoms with Gasteiger partial charge in [-0.25, -0.2) is 9.98 Å². The normalized spacial score (nSPS) is 21.2. The monoisotopic (exact) mass is 424 g/mol. The van der Waals surface area contributed by atoms with Gasteiger partial charge in [0.05, 0.1) is 6.04 Å². The van der Waals surface area contributed by atoms with E-state index in [-0.39, 0.29) is 5.75 Å². The van der Waals surface area contributed by atoms with E-state index in [0.29, 0.717) is 28.6 Å².